The number of hydrogen-bond donors (Lipinski definition) is 0. The van der Waals surface area contributed by atoms with Crippen molar-refractivity contribution in [2.24, 2.45) is 0 Å². The number of pyridine rings is 1. The molecule has 0 radical (unpaired) electrons. The highest BCUT2D eigenvalue weighted by Gasteiger charge is 2.43. The summed E-state index contributed by atoms with van der Waals surface area (Å²) in [5, 5.41) is 0.585. The Morgan fingerprint density at radius 3 is 2.57 bits per heavy atom. The normalized spacial score (nSPS) is 22.9. The van der Waals surface area contributed by atoms with Crippen LogP contribution in [0.4, 0.5) is 0 Å². The van der Waals surface area contributed by atoms with Crippen LogP contribution in [0.1, 0.15) is 32.1 Å². The molecule has 7 heteroatoms. The van der Waals surface area contributed by atoms with Gasteiger partial charge in [-0.2, -0.15) is 0 Å². The highest BCUT2D eigenvalue weighted by atomic mass is 16.5. The number of carbonyl (C=O) groups excluding carboxylic acids is 1. The molecule has 2 atom stereocenters. The van der Waals surface area contributed by atoms with Gasteiger partial charge >= 0.3 is 0 Å². The van der Waals surface area contributed by atoms with Crippen molar-refractivity contribution in [3.63, 3.8) is 0 Å². The quantitative estimate of drug-likeness (QED) is 0.654. The van der Waals surface area contributed by atoms with Crippen molar-refractivity contribution in [1.29, 1.82) is 0 Å². The van der Waals surface area contributed by atoms with Crippen molar-refractivity contribution < 1.29 is 9.53 Å². The summed E-state index contributed by atoms with van der Waals surface area (Å²) in [5.41, 5.74) is 0.584. The predicted octanol–water partition coefficient (Wildman–Crippen LogP) is 2.78. The highest BCUT2D eigenvalue weighted by Crippen LogP contribution is 2.37. The van der Waals surface area contributed by atoms with Crippen LogP contribution in [0.2, 0.25) is 0 Å². The molecule has 4 heterocycles. The van der Waals surface area contributed by atoms with Crippen molar-refractivity contribution in [2.45, 2.75) is 56.8 Å². The fourth-order valence-corrected chi connectivity index (χ4v) is 4.85. The Labute approximate surface area is 174 Å². The van der Waals surface area contributed by atoms with Crippen molar-refractivity contribution >= 4 is 16.8 Å². The second-order valence-corrected chi connectivity index (χ2v) is 8.09. The SMILES string of the molecule is O=C(CCn1cnc2ccccc2c1=O)N1C2CCC1CC(Oc1ccncc1)C2. The molecule has 30 heavy (non-hydrogen) atoms. The number of amides is 1. The maximum absolute atomic E-state index is 13.0. The summed E-state index contributed by atoms with van der Waals surface area (Å²) in [6, 6.07) is 11.5. The number of hydrogen-bond acceptors (Lipinski definition) is 5. The lowest BCUT2D eigenvalue weighted by Gasteiger charge is -2.39. The van der Waals surface area contributed by atoms with Crippen LogP contribution in [-0.2, 0) is 11.3 Å². The third-order valence-electron chi connectivity index (χ3n) is 6.23. The van der Waals surface area contributed by atoms with E-state index in [1.165, 1.54) is 0 Å². The van der Waals surface area contributed by atoms with Gasteiger partial charge in [0.05, 0.1) is 17.2 Å². The molecule has 0 spiro atoms. The standard InChI is InChI=1S/C23H24N4O3/c28-22(9-12-26-15-25-21-4-2-1-3-20(21)23(26)29)27-16-5-6-17(27)14-19(13-16)30-18-7-10-24-11-8-18/h1-4,7-8,10-11,15-17,19H,5-6,9,12-14H2. The average Bonchev–Trinajstić information content (AvgIpc) is 3.04. The van der Waals surface area contributed by atoms with Crippen LogP contribution in [0.15, 0.2) is 59.9 Å². The van der Waals surface area contributed by atoms with Gasteiger partial charge in [-0.25, -0.2) is 4.98 Å². The fraction of sp³-hybridized carbons (Fsp3) is 0.391. The number of fused-ring (bicyclic) bond motifs is 3. The van der Waals surface area contributed by atoms with E-state index in [1.54, 1.807) is 29.4 Å². The monoisotopic (exact) mass is 404 g/mol. The molecule has 2 aliphatic rings. The number of rotatable bonds is 5. The predicted molar refractivity (Wildman–Crippen MR) is 112 cm³/mol. The first-order valence-electron chi connectivity index (χ1n) is 10.5. The van der Waals surface area contributed by atoms with Crippen LogP contribution in [0.5, 0.6) is 5.75 Å². The number of carbonyl (C=O) groups is 1. The van der Waals surface area contributed by atoms with Gasteiger partial charge in [0.25, 0.3) is 5.56 Å². The Hall–Kier alpha value is -3.22. The summed E-state index contributed by atoms with van der Waals surface area (Å²) in [5.74, 6) is 0.947. The van der Waals surface area contributed by atoms with Gasteiger partial charge < -0.3 is 9.64 Å². The summed E-state index contributed by atoms with van der Waals surface area (Å²) >= 11 is 0. The van der Waals surface area contributed by atoms with Crippen molar-refractivity contribution in [1.82, 2.24) is 19.4 Å². The van der Waals surface area contributed by atoms with E-state index in [-0.39, 0.29) is 29.7 Å². The minimum Gasteiger partial charge on any atom is -0.490 e. The lowest BCUT2D eigenvalue weighted by atomic mass is 9.99. The van der Waals surface area contributed by atoms with Crippen molar-refractivity contribution in [3.8, 4) is 5.75 Å². The van der Waals surface area contributed by atoms with Crippen LogP contribution in [0, 0.1) is 0 Å². The summed E-state index contributed by atoms with van der Waals surface area (Å²) in [6.07, 6.45) is 9.17. The highest BCUT2D eigenvalue weighted by molar-refractivity contribution is 5.78. The number of aryl methyl sites for hydroxylation is 1. The minimum absolute atomic E-state index is 0.0965. The number of benzene rings is 1. The molecule has 2 bridgehead atoms. The number of para-hydroxylation sites is 1. The first-order chi connectivity index (χ1) is 14.7. The van der Waals surface area contributed by atoms with Gasteiger partial charge in [0.1, 0.15) is 11.9 Å². The molecular formula is C23H24N4O3. The van der Waals surface area contributed by atoms with Crippen molar-refractivity contribution in [2.75, 3.05) is 0 Å². The van der Waals surface area contributed by atoms with Crippen LogP contribution in [-0.4, -0.2) is 43.5 Å². The van der Waals surface area contributed by atoms with Crippen LogP contribution in [0.3, 0.4) is 0 Å². The number of piperidine rings is 1. The van der Waals surface area contributed by atoms with E-state index >= 15 is 0 Å². The second kappa shape index (κ2) is 7.89. The van der Waals surface area contributed by atoms with Crippen LogP contribution < -0.4 is 10.3 Å². The molecule has 2 aliphatic heterocycles. The molecule has 0 N–H and O–H groups in total. The second-order valence-electron chi connectivity index (χ2n) is 8.09. The molecule has 2 saturated heterocycles. The zero-order valence-electron chi connectivity index (χ0n) is 16.7. The number of ether oxygens (including phenoxy) is 1. The number of nitrogens with zero attached hydrogens (tertiary/aromatic N) is 4. The molecule has 1 amide bonds. The Bertz CT molecular complexity index is 1100. The van der Waals surface area contributed by atoms with E-state index in [4.69, 9.17) is 4.74 Å². The van der Waals surface area contributed by atoms with Gasteiger partial charge in [0.15, 0.2) is 0 Å². The van der Waals surface area contributed by atoms with Gasteiger partial charge in [-0.05, 0) is 37.1 Å². The summed E-state index contributed by atoms with van der Waals surface area (Å²) in [4.78, 5) is 36.1. The maximum Gasteiger partial charge on any atom is 0.261 e. The van der Waals surface area contributed by atoms with E-state index in [9.17, 15) is 9.59 Å². The van der Waals surface area contributed by atoms with Crippen LogP contribution in [0.25, 0.3) is 10.9 Å². The first kappa shape index (κ1) is 18.8. The minimum atomic E-state index is -0.0965. The first-order valence-corrected chi connectivity index (χ1v) is 10.5. The van der Waals surface area contributed by atoms with E-state index in [2.05, 4.69) is 9.97 Å². The third kappa shape index (κ3) is 3.56. The zero-order chi connectivity index (χ0) is 20.5. The topological polar surface area (TPSA) is 77.3 Å². The summed E-state index contributed by atoms with van der Waals surface area (Å²) in [6.45, 7) is 0.350. The van der Waals surface area contributed by atoms with E-state index in [0.717, 1.165) is 31.4 Å². The summed E-state index contributed by atoms with van der Waals surface area (Å²) < 4.78 is 7.66. The van der Waals surface area contributed by atoms with Crippen LogP contribution >= 0.6 is 0 Å². The van der Waals surface area contributed by atoms with Gasteiger partial charge in [-0.15, -0.1) is 0 Å². The van der Waals surface area contributed by atoms with E-state index in [1.807, 2.05) is 35.2 Å². The molecule has 2 aromatic heterocycles. The Morgan fingerprint density at radius 2 is 1.80 bits per heavy atom. The Morgan fingerprint density at radius 1 is 1.07 bits per heavy atom. The van der Waals surface area contributed by atoms with Gasteiger partial charge in [0.2, 0.25) is 5.91 Å². The largest absolute Gasteiger partial charge is 0.490 e. The van der Waals surface area contributed by atoms with Crippen molar-refractivity contribution in [3.05, 3.63) is 65.5 Å². The van der Waals surface area contributed by atoms with Gasteiger partial charge in [-0.3, -0.25) is 19.1 Å². The molecule has 1 aromatic carbocycles. The molecule has 2 unspecified atom stereocenters. The smallest absolute Gasteiger partial charge is 0.261 e. The molecule has 7 nitrogen and oxygen atoms in total. The maximum atomic E-state index is 13.0. The molecular weight excluding hydrogens is 380 g/mol. The molecule has 0 saturated carbocycles. The van der Waals surface area contributed by atoms with Gasteiger partial charge in [0, 0.05) is 50.3 Å². The summed E-state index contributed by atoms with van der Waals surface area (Å²) in [7, 11) is 0. The van der Waals surface area contributed by atoms with E-state index in [0.29, 0.717) is 23.9 Å². The molecule has 2 fully saturated rings. The lowest BCUT2D eigenvalue weighted by Crippen LogP contribution is -2.49. The average molecular weight is 404 g/mol. The molecule has 5 rings (SSSR count). The lowest BCUT2D eigenvalue weighted by molar-refractivity contribution is -0.137. The molecule has 3 aromatic rings. The zero-order valence-corrected chi connectivity index (χ0v) is 16.7. The van der Waals surface area contributed by atoms with E-state index < -0.39 is 0 Å². The fourth-order valence-electron chi connectivity index (χ4n) is 4.85. The number of aromatic nitrogens is 3. The Balaban J connectivity index is 1.23. The van der Waals surface area contributed by atoms with Gasteiger partial charge in [-0.1, -0.05) is 12.1 Å². The Kier molecular flexibility index (Phi) is 4.94. The molecule has 0 aliphatic carbocycles. The third-order valence-corrected chi connectivity index (χ3v) is 6.23. The molecule has 154 valence electrons.